The van der Waals surface area contributed by atoms with Gasteiger partial charge in [-0.3, -0.25) is 14.8 Å². The summed E-state index contributed by atoms with van der Waals surface area (Å²) >= 11 is 0. The minimum absolute atomic E-state index is 0.0491. The Labute approximate surface area is 380 Å². The van der Waals surface area contributed by atoms with Crippen LogP contribution in [-0.2, 0) is 32.1 Å². The summed E-state index contributed by atoms with van der Waals surface area (Å²) in [6, 6.07) is 19.3. The molecular weight excluding hydrogens is 891 g/mol. The molecule has 354 valence electrons. The van der Waals surface area contributed by atoms with Crippen molar-refractivity contribution < 1.29 is 69.5 Å². The molecule has 0 spiro atoms. The van der Waals surface area contributed by atoms with Crippen LogP contribution in [-0.4, -0.2) is 62.1 Å². The van der Waals surface area contributed by atoms with Gasteiger partial charge >= 0.3 is 30.9 Å². The molecule has 2 unspecified atom stereocenters. The quantitative estimate of drug-likeness (QED) is 0.0716. The molecule has 0 aliphatic carbocycles. The predicted molar refractivity (Wildman–Crippen MR) is 233 cm³/mol. The molecule has 0 radical (unpaired) electrons. The number of nitrogens with zero attached hydrogens (tertiary/aromatic N) is 3. The third-order valence-corrected chi connectivity index (χ3v) is 9.77. The highest BCUT2D eigenvalue weighted by Gasteiger charge is 2.38. The largest absolute Gasteiger partial charge is 0.573 e. The third-order valence-electron chi connectivity index (χ3n) is 9.77. The van der Waals surface area contributed by atoms with Crippen molar-refractivity contribution in [3.63, 3.8) is 0 Å². The second kappa shape index (κ2) is 19.1. The molecular formula is C48H46F6N4O9. The van der Waals surface area contributed by atoms with Gasteiger partial charge in [-0.25, -0.2) is 14.5 Å². The van der Waals surface area contributed by atoms with Gasteiger partial charge in [-0.15, -0.1) is 26.3 Å². The van der Waals surface area contributed by atoms with E-state index in [9.17, 15) is 45.8 Å². The first-order chi connectivity index (χ1) is 31.2. The summed E-state index contributed by atoms with van der Waals surface area (Å²) in [5, 5.41) is 13.4. The Bertz CT molecular complexity index is 2760. The Hall–Kier alpha value is -6.99. The molecule has 2 heterocycles. The lowest BCUT2D eigenvalue weighted by atomic mass is 9.84. The van der Waals surface area contributed by atoms with Crippen LogP contribution < -0.4 is 15.2 Å². The number of pyridine rings is 2. The number of carbonyl (C=O) groups is 3. The Balaban J connectivity index is 1.62. The SMILES string of the molecule is CC(=O)OC(c1c(CN(C(=O)OC(C)(C)C)C(=O)OC(C)(C)C)cc(-c2ccc(OC(F)(F)F)cc2)c2ncccc12)C(O)c1c(CN)cc(-c2ccc(OC(F)(F)F)cc2)c2ncccc12. The van der Waals surface area contributed by atoms with E-state index in [1.54, 1.807) is 71.9 Å². The molecule has 0 aliphatic rings. The van der Waals surface area contributed by atoms with Crippen LogP contribution in [0.25, 0.3) is 44.1 Å². The first-order valence-electron chi connectivity index (χ1n) is 20.5. The van der Waals surface area contributed by atoms with E-state index in [0.717, 1.165) is 31.2 Å². The normalized spacial score (nSPS) is 13.2. The lowest BCUT2D eigenvalue weighted by Gasteiger charge is -2.32. The van der Waals surface area contributed by atoms with Gasteiger partial charge in [-0.2, -0.15) is 0 Å². The van der Waals surface area contributed by atoms with Gasteiger partial charge in [0.05, 0.1) is 17.6 Å². The summed E-state index contributed by atoms with van der Waals surface area (Å²) in [6.07, 6.45) is -12.8. The van der Waals surface area contributed by atoms with Crippen LogP contribution in [0.15, 0.2) is 97.3 Å². The molecule has 19 heteroatoms. The van der Waals surface area contributed by atoms with Gasteiger partial charge in [-0.1, -0.05) is 36.4 Å². The van der Waals surface area contributed by atoms with Crippen molar-refractivity contribution in [3.05, 3.63) is 120 Å². The molecule has 0 saturated heterocycles. The van der Waals surface area contributed by atoms with Crippen molar-refractivity contribution in [1.82, 2.24) is 14.9 Å². The minimum Gasteiger partial charge on any atom is -0.454 e. The molecule has 6 rings (SSSR count). The number of aliphatic hydroxyl groups excluding tert-OH is 1. The number of amides is 2. The summed E-state index contributed by atoms with van der Waals surface area (Å²) in [4.78, 5) is 51.1. The average Bonchev–Trinajstić information content (AvgIpc) is 3.21. The lowest BCUT2D eigenvalue weighted by Crippen LogP contribution is -2.43. The second-order valence-corrected chi connectivity index (χ2v) is 17.2. The van der Waals surface area contributed by atoms with Crippen LogP contribution in [0.3, 0.4) is 0 Å². The fourth-order valence-corrected chi connectivity index (χ4v) is 7.38. The van der Waals surface area contributed by atoms with E-state index >= 15 is 0 Å². The van der Waals surface area contributed by atoms with Crippen LogP contribution >= 0.6 is 0 Å². The number of ether oxygens (including phenoxy) is 5. The Kier molecular flexibility index (Phi) is 14.1. The van der Waals surface area contributed by atoms with Gasteiger partial charge in [0.2, 0.25) is 0 Å². The molecule has 3 N–H and O–H groups in total. The number of alkyl halides is 6. The van der Waals surface area contributed by atoms with Gasteiger partial charge in [-0.05, 0) is 118 Å². The maximum absolute atomic E-state index is 14.0. The van der Waals surface area contributed by atoms with Crippen LogP contribution in [0, 0.1) is 0 Å². The smallest absolute Gasteiger partial charge is 0.454 e. The molecule has 4 aromatic carbocycles. The standard InChI is InChI=1S/C48H46F6N4O9/c1-26(59)63-42(41(60)37-29(24-55)22-35(39-33(37)10-8-20-56-39)27-12-16-31(17-13-27)64-47(49,50)51)38-30(25-58(43(61)66-45(2,3)4)44(62)67-46(5,6)7)23-36(40-34(38)11-9-21-57-40)28-14-18-32(19-15-28)65-48(52,53)54/h8-23,41-42,60H,24-25,55H2,1-7H3. The first-order valence-corrected chi connectivity index (χ1v) is 20.5. The highest BCUT2D eigenvalue weighted by molar-refractivity contribution is 5.99. The molecule has 13 nitrogen and oxygen atoms in total. The maximum atomic E-state index is 14.0. The van der Waals surface area contributed by atoms with Gasteiger partial charge in [0, 0.05) is 53.3 Å². The van der Waals surface area contributed by atoms with Gasteiger partial charge < -0.3 is 34.5 Å². The van der Waals surface area contributed by atoms with Gasteiger partial charge in [0.15, 0.2) is 6.10 Å². The summed E-state index contributed by atoms with van der Waals surface area (Å²) in [5.41, 5.74) is 6.62. The highest BCUT2D eigenvalue weighted by Crippen LogP contribution is 2.46. The van der Waals surface area contributed by atoms with E-state index in [2.05, 4.69) is 19.4 Å². The van der Waals surface area contributed by atoms with Gasteiger partial charge in [0.1, 0.15) is 28.8 Å². The van der Waals surface area contributed by atoms with Crippen molar-refractivity contribution in [2.45, 2.75) is 97.7 Å². The van der Waals surface area contributed by atoms with E-state index in [1.807, 2.05) is 0 Å². The molecule has 67 heavy (non-hydrogen) atoms. The zero-order valence-corrected chi connectivity index (χ0v) is 37.2. The van der Waals surface area contributed by atoms with E-state index in [4.69, 9.17) is 19.9 Å². The summed E-state index contributed by atoms with van der Waals surface area (Å²) in [6.45, 7) is 9.73. The molecule has 2 atom stereocenters. The van der Waals surface area contributed by atoms with Crippen molar-refractivity contribution >= 4 is 40.0 Å². The van der Waals surface area contributed by atoms with Crippen LogP contribution in [0.1, 0.15) is 82.9 Å². The monoisotopic (exact) mass is 936 g/mol. The molecule has 0 fully saturated rings. The van der Waals surface area contributed by atoms with E-state index < -0.39 is 72.3 Å². The second-order valence-electron chi connectivity index (χ2n) is 17.2. The summed E-state index contributed by atoms with van der Waals surface area (Å²) in [5.74, 6) is -1.85. The van der Waals surface area contributed by atoms with Crippen LogP contribution in [0.2, 0.25) is 0 Å². The van der Waals surface area contributed by atoms with E-state index in [0.29, 0.717) is 32.5 Å². The fourth-order valence-electron chi connectivity index (χ4n) is 7.38. The van der Waals surface area contributed by atoms with E-state index in [-0.39, 0.29) is 45.2 Å². The third kappa shape index (κ3) is 12.3. The van der Waals surface area contributed by atoms with Crippen molar-refractivity contribution in [2.75, 3.05) is 0 Å². The maximum Gasteiger partial charge on any atom is 0.573 e. The summed E-state index contributed by atoms with van der Waals surface area (Å²) in [7, 11) is 0. The first kappa shape index (κ1) is 49.4. The molecule has 0 aliphatic heterocycles. The number of nitrogens with two attached hydrogens (primary N) is 1. The average molecular weight is 937 g/mol. The molecule has 0 bridgehead atoms. The molecule has 6 aromatic rings. The number of imide groups is 1. The number of aliphatic hydroxyl groups is 1. The predicted octanol–water partition coefficient (Wildman–Crippen LogP) is 11.4. The summed E-state index contributed by atoms with van der Waals surface area (Å²) < 4.78 is 104. The Morgan fingerprint density at radius 3 is 1.46 bits per heavy atom. The van der Waals surface area contributed by atoms with E-state index in [1.165, 1.54) is 42.7 Å². The lowest BCUT2D eigenvalue weighted by molar-refractivity contribution is -0.275. The van der Waals surface area contributed by atoms with Crippen LogP contribution in [0.4, 0.5) is 35.9 Å². The molecule has 0 saturated carbocycles. The van der Waals surface area contributed by atoms with Crippen LogP contribution in [0.5, 0.6) is 11.5 Å². The molecule has 2 aromatic heterocycles. The zero-order chi connectivity index (χ0) is 49.2. The topological polar surface area (TPSA) is 173 Å². The zero-order valence-electron chi connectivity index (χ0n) is 37.2. The number of rotatable bonds is 11. The molecule has 2 amide bonds. The van der Waals surface area contributed by atoms with Crippen molar-refractivity contribution in [3.8, 4) is 33.8 Å². The number of benzene rings is 4. The number of halogens is 6. The number of hydrogen-bond acceptors (Lipinski definition) is 12. The number of aromatic nitrogens is 2. The van der Waals surface area contributed by atoms with Crippen molar-refractivity contribution in [2.24, 2.45) is 5.73 Å². The number of esters is 1. The Morgan fingerprint density at radius 1 is 0.657 bits per heavy atom. The van der Waals surface area contributed by atoms with Gasteiger partial charge in [0.25, 0.3) is 0 Å². The highest BCUT2D eigenvalue weighted by atomic mass is 19.4. The fraction of sp³-hybridized carbons (Fsp3) is 0.312. The number of carbonyl (C=O) groups excluding carboxylic acids is 3. The van der Waals surface area contributed by atoms with Crippen molar-refractivity contribution in [1.29, 1.82) is 0 Å². The Morgan fingerprint density at radius 2 is 1.07 bits per heavy atom. The number of fused-ring (bicyclic) bond motifs is 2. The minimum atomic E-state index is -4.98. The number of hydrogen-bond donors (Lipinski definition) is 2.